The van der Waals surface area contributed by atoms with Crippen LogP contribution in [0.15, 0.2) is 23.2 Å². The maximum absolute atomic E-state index is 5.86. The van der Waals surface area contributed by atoms with Crippen LogP contribution in [0.1, 0.15) is 18.9 Å². The third-order valence-electron chi connectivity index (χ3n) is 2.11. The van der Waals surface area contributed by atoms with Crippen LogP contribution in [0.25, 0.3) is 0 Å². The van der Waals surface area contributed by atoms with E-state index in [1.807, 2.05) is 18.2 Å². The zero-order valence-corrected chi connectivity index (χ0v) is 7.73. The Bertz CT molecular complexity index is 342. The number of hydrogen-bond acceptors (Lipinski definition) is 1. The van der Waals surface area contributed by atoms with Crippen LogP contribution in [-0.2, 0) is 6.42 Å². The number of hydrogen-bond donors (Lipinski definition) is 0. The molecule has 0 aliphatic carbocycles. The normalized spacial score (nSPS) is 15.3. The summed E-state index contributed by atoms with van der Waals surface area (Å²) >= 11 is 5.86. The van der Waals surface area contributed by atoms with Crippen LogP contribution in [0, 0.1) is 0 Å². The summed E-state index contributed by atoms with van der Waals surface area (Å²) in [5.74, 6) is 0. The van der Waals surface area contributed by atoms with Gasteiger partial charge in [-0.3, -0.25) is 4.99 Å². The molecule has 0 saturated carbocycles. The Balaban J connectivity index is 2.51. The van der Waals surface area contributed by atoms with Gasteiger partial charge in [0.2, 0.25) is 0 Å². The molecule has 0 aromatic heterocycles. The highest BCUT2D eigenvalue weighted by molar-refractivity contribution is 6.30. The van der Waals surface area contributed by atoms with E-state index >= 15 is 0 Å². The van der Waals surface area contributed by atoms with Crippen LogP contribution >= 0.6 is 11.6 Å². The molecule has 1 aliphatic rings. The number of nitrogens with zero attached hydrogens (tertiary/aromatic N) is 1. The Morgan fingerprint density at radius 1 is 1.33 bits per heavy atom. The fraction of sp³-hybridized carbons (Fsp3) is 0.300. The van der Waals surface area contributed by atoms with Gasteiger partial charge in [0.25, 0.3) is 0 Å². The number of benzene rings is 1. The topological polar surface area (TPSA) is 12.4 Å². The predicted octanol–water partition coefficient (Wildman–Crippen LogP) is 3.38. The van der Waals surface area contributed by atoms with Crippen molar-refractivity contribution in [2.24, 2.45) is 4.99 Å². The van der Waals surface area contributed by atoms with Crippen molar-refractivity contribution in [1.82, 2.24) is 0 Å². The molecular weight excluding hydrogens is 170 g/mol. The van der Waals surface area contributed by atoms with Crippen molar-refractivity contribution in [3.05, 3.63) is 28.8 Å². The van der Waals surface area contributed by atoms with Crippen LogP contribution in [0.3, 0.4) is 0 Å². The molecule has 1 heterocycles. The smallest absolute Gasteiger partial charge is 0.0662 e. The van der Waals surface area contributed by atoms with Gasteiger partial charge in [0.1, 0.15) is 0 Å². The van der Waals surface area contributed by atoms with Crippen LogP contribution < -0.4 is 0 Å². The van der Waals surface area contributed by atoms with E-state index in [0.717, 1.165) is 23.6 Å². The molecular formula is C10H10ClN. The third-order valence-corrected chi connectivity index (χ3v) is 2.34. The van der Waals surface area contributed by atoms with Gasteiger partial charge in [-0.2, -0.15) is 0 Å². The molecule has 0 N–H and O–H groups in total. The largest absolute Gasteiger partial charge is 0.258 e. The predicted molar refractivity (Wildman–Crippen MR) is 52.5 cm³/mol. The molecule has 0 amide bonds. The van der Waals surface area contributed by atoms with Gasteiger partial charge in [-0.05, 0) is 43.5 Å². The Hall–Kier alpha value is -0.820. The Kier molecular flexibility index (Phi) is 1.89. The van der Waals surface area contributed by atoms with E-state index in [-0.39, 0.29) is 0 Å². The van der Waals surface area contributed by atoms with Crippen molar-refractivity contribution in [3.63, 3.8) is 0 Å². The molecule has 0 atom stereocenters. The molecule has 0 saturated heterocycles. The molecule has 1 nitrogen and oxygen atoms in total. The highest BCUT2D eigenvalue weighted by atomic mass is 35.5. The number of halogens is 1. The van der Waals surface area contributed by atoms with Crippen molar-refractivity contribution >= 4 is 23.0 Å². The SMILES string of the molecule is CC1=Nc2ccc(Cl)cc2CC1. The van der Waals surface area contributed by atoms with Gasteiger partial charge < -0.3 is 0 Å². The molecule has 0 unspecified atom stereocenters. The summed E-state index contributed by atoms with van der Waals surface area (Å²) in [5, 5.41) is 0.809. The van der Waals surface area contributed by atoms with E-state index in [4.69, 9.17) is 11.6 Å². The summed E-state index contributed by atoms with van der Waals surface area (Å²) < 4.78 is 0. The first-order chi connectivity index (χ1) is 5.75. The second-order valence-electron chi connectivity index (χ2n) is 3.12. The Morgan fingerprint density at radius 2 is 2.17 bits per heavy atom. The van der Waals surface area contributed by atoms with E-state index in [0.29, 0.717) is 0 Å². The van der Waals surface area contributed by atoms with Gasteiger partial charge in [-0.1, -0.05) is 11.6 Å². The van der Waals surface area contributed by atoms with E-state index in [9.17, 15) is 0 Å². The average Bonchev–Trinajstić information content (AvgIpc) is 2.05. The molecule has 0 radical (unpaired) electrons. The Morgan fingerprint density at radius 3 is 3.00 bits per heavy atom. The van der Waals surface area contributed by atoms with Gasteiger partial charge in [0.05, 0.1) is 5.69 Å². The highest BCUT2D eigenvalue weighted by Crippen LogP contribution is 2.28. The van der Waals surface area contributed by atoms with Crippen LogP contribution in [0.2, 0.25) is 5.02 Å². The number of fused-ring (bicyclic) bond motifs is 1. The molecule has 0 spiro atoms. The molecule has 0 fully saturated rings. The maximum Gasteiger partial charge on any atom is 0.0662 e. The number of aliphatic imine (C=N–C) groups is 1. The minimum absolute atomic E-state index is 0.809. The minimum Gasteiger partial charge on any atom is -0.258 e. The average molecular weight is 180 g/mol. The third kappa shape index (κ3) is 1.37. The van der Waals surface area contributed by atoms with Crippen molar-refractivity contribution < 1.29 is 0 Å². The molecule has 62 valence electrons. The lowest BCUT2D eigenvalue weighted by molar-refractivity contribution is 1.00. The summed E-state index contributed by atoms with van der Waals surface area (Å²) in [7, 11) is 0. The molecule has 0 bridgehead atoms. The zero-order valence-electron chi connectivity index (χ0n) is 6.97. The second kappa shape index (κ2) is 2.91. The van der Waals surface area contributed by atoms with Gasteiger partial charge in [-0.15, -0.1) is 0 Å². The summed E-state index contributed by atoms with van der Waals surface area (Å²) in [6, 6.07) is 5.88. The standard InChI is InChI=1S/C10H10ClN/c1-7-2-3-8-6-9(11)4-5-10(8)12-7/h4-6H,2-3H2,1H3. The van der Waals surface area contributed by atoms with Gasteiger partial charge >= 0.3 is 0 Å². The van der Waals surface area contributed by atoms with Crippen LogP contribution in [0.4, 0.5) is 5.69 Å². The van der Waals surface area contributed by atoms with Gasteiger partial charge in [0, 0.05) is 10.7 Å². The summed E-state index contributed by atoms with van der Waals surface area (Å²) in [4.78, 5) is 4.44. The van der Waals surface area contributed by atoms with E-state index < -0.39 is 0 Å². The Labute approximate surface area is 77.1 Å². The molecule has 1 aromatic rings. The molecule has 12 heavy (non-hydrogen) atoms. The zero-order chi connectivity index (χ0) is 8.55. The highest BCUT2D eigenvalue weighted by Gasteiger charge is 2.08. The number of aryl methyl sites for hydroxylation is 1. The fourth-order valence-corrected chi connectivity index (χ4v) is 1.64. The maximum atomic E-state index is 5.86. The first kappa shape index (κ1) is 7.81. The second-order valence-corrected chi connectivity index (χ2v) is 3.56. The lowest BCUT2D eigenvalue weighted by atomic mass is 10.0. The summed E-state index contributed by atoms with van der Waals surface area (Å²) in [6.45, 7) is 2.07. The van der Waals surface area contributed by atoms with Crippen LogP contribution in [0.5, 0.6) is 0 Å². The lowest BCUT2D eigenvalue weighted by Crippen LogP contribution is -2.00. The first-order valence-corrected chi connectivity index (χ1v) is 4.46. The lowest BCUT2D eigenvalue weighted by Gasteiger charge is -2.12. The fourth-order valence-electron chi connectivity index (χ4n) is 1.44. The van der Waals surface area contributed by atoms with Crippen molar-refractivity contribution in [3.8, 4) is 0 Å². The van der Waals surface area contributed by atoms with Crippen molar-refractivity contribution in [2.45, 2.75) is 19.8 Å². The molecule has 2 heteroatoms. The van der Waals surface area contributed by atoms with E-state index in [1.165, 1.54) is 11.3 Å². The van der Waals surface area contributed by atoms with E-state index in [1.54, 1.807) is 0 Å². The van der Waals surface area contributed by atoms with Crippen LogP contribution in [-0.4, -0.2) is 5.71 Å². The molecule has 2 rings (SSSR count). The quantitative estimate of drug-likeness (QED) is 0.579. The summed E-state index contributed by atoms with van der Waals surface area (Å²) in [5.41, 5.74) is 3.57. The van der Waals surface area contributed by atoms with Crippen molar-refractivity contribution in [2.75, 3.05) is 0 Å². The minimum atomic E-state index is 0.809. The van der Waals surface area contributed by atoms with Gasteiger partial charge in [-0.25, -0.2) is 0 Å². The molecule has 1 aliphatic heterocycles. The number of rotatable bonds is 0. The van der Waals surface area contributed by atoms with Gasteiger partial charge in [0.15, 0.2) is 0 Å². The monoisotopic (exact) mass is 179 g/mol. The van der Waals surface area contributed by atoms with Crippen molar-refractivity contribution in [1.29, 1.82) is 0 Å². The van der Waals surface area contributed by atoms with E-state index in [2.05, 4.69) is 11.9 Å². The summed E-state index contributed by atoms with van der Waals surface area (Å²) in [6.07, 6.45) is 2.14. The first-order valence-electron chi connectivity index (χ1n) is 4.08. The molecule has 1 aromatic carbocycles.